The number of anilines is 1. The lowest BCUT2D eigenvalue weighted by molar-refractivity contribution is 0.0976. The van der Waals surface area contributed by atoms with Crippen LogP contribution in [0.1, 0.15) is 29.8 Å². The first-order chi connectivity index (χ1) is 17.6. The number of carbonyl (C=O) groups excluding carboxylic acids is 1. The number of rotatable bonds is 9. The molecule has 0 aliphatic rings. The molecule has 4 rings (SSSR count). The molecule has 0 radical (unpaired) electrons. The maximum absolute atomic E-state index is 13.4. The minimum absolute atomic E-state index is 0.262. The Bertz CT molecular complexity index is 1350. The van der Waals surface area contributed by atoms with Gasteiger partial charge in [0.15, 0.2) is 11.5 Å². The van der Waals surface area contributed by atoms with E-state index < -0.39 is 0 Å². The van der Waals surface area contributed by atoms with Gasteiger partial charge in [-0.05, 0) is 74.4 Å². The monoisotopic (exact) mass is 488 g/mol. The normalized spacial score (nSPS) is 11.4. The third-order valence-corrected chi connectivity index (χ3v) is 5.47. The van der Waals surface area contributed by atoms with Gasteiger partial charge in [0, 0.05) is 34.9 Å². The van der Waals surface area contributed by atoms with Crippen LogP contribution in [0, 0.1) is 5.82 Å². The molecular weight excluding hydrogens is 459 g/mol. The lowest BCUT2D eigenvalue weighted by Crippen LogP contribution is -2.36. The second-order valence-electron chi connectivity index (χ2n) is 7.95. The van der Waals surface area contributed by atoms with Crippen LogP contribution < -0.4 is 20.1 Å². The standard InChI is InChI=1S/C28H29FN4O3/c1-3-35-25-14-9-19(17-26(25)36-4-2)27(34)33-28(32-22-12-10-21(29)11-13-22)30-16-15-20-18-31-24-8-6-5-7-23(20)24/h5-14,17-18,31H,3-4,15-16H2,1-2H3,(H2,30,32,33,34). The van der Waals surface area contributed by atoms with E-state index in [0.717, 1.165) is 16.5 Å². The average Bonchev–Trinajstić information content (AvgIpc) is 3.29. The number of aliphatic imine (C=N–C) groups is 1. The van der Waals surface area contributed by atoms with Crippen LogP contribution in [0.4, 0.5) is 10.1 Å². The number of halogens is 1. The summed E-state index contributed by atoms with van der Waals surface area (Å²) in [4.78, 5) is 21.0. The number of guanidine groups is 1. The number of H-pyrrole nitrogens is 1. The molecule has 1 amide bonds. The third kappa shape index (κ3) is 6.21. The fourth-order valence-corrected chi connectivity index (χ4v) is 3.78. The first-order valence-corrected chi connectivity index (χ1v) is 11.9. The molecule has 0 saturated carbocycles. The summed E-state index contributed by atoms with van der Waals surface area (Å²) < 4.78 is 24.6. The number of nitrogens with zero attached hydrogens (tertiary/aromatic N) is 1. The number of amides is 1. The van der Waals surface area contributed by atoms with Gasteiger partial charge in [-0.25, -0.2) is 4.39 Å². The summed E-state index contributed by atoms with van der Waals surface area (Å²) in [5, 5.41) is 7.06. The lowest BCUT2D eigenvalue weighted by atomic mass is 10.1. The Morgan fingerprint density at radius 3 is 2.50 bits per heavy atom. The topological polar surface area (TPSA) is 87.7 Å². The van der Waals surface area contributed by atoms with E-state index in [1.54, 1.807) is 30.3 Å². The molecule has 0 saturated heterocycles. The number of ether oxygens (including phenoxy) is 2. The molecule has 36 heavy (non-hydrogen) atoms. The van der Waals surface area contributed by atoms with Crippen molar-refractivity contribution in [1.29, 1.82) is 0 Å². The quantitative estimate of drug-likeness (QED) is 0.213. The maximum Gasteiger partial charge on any atom is 0.258 e. The molecule has 1 aromatic heterocycles. The van der Waals surface area contributed by atoms with E-state index in [4.69, 9.17) is 9.47 Å². The minimum Gasteiger partial charge on any atom is -0.490 e. The van der Waals surface area contributed by atoms with Gasteiger partial charge >= 0.3 is 0 Å². The summed E-state index contributed by atoms with van der Waals surface area (Å²) in [7, 11) is 0. The van der Waals surface area contributed by atoms with Gasteiger partial charge in [0.25, 0.3) is 5.91 Å². The average molecular weight is 489 g/mol. The molecule has 0 atom stereocenters. The van der Waals surface area contributed by atoms with Crippen molar-refractivity contribution in [3.05, 3.63) is 89.9 Å². The fourth-order valence-electron chi connectivity index (χ4n) is 3.78. The molecule has 1 heterocycles. The molecule has 3 N–H and O–H groups in total. The van der Waals surface area contributed by atoms with E-state index >= 15 is 0 Å². The lowest BCUT2D eigenvalue weighted by Gasteiger charge is -2.14. The molecule has 0 aliphatic carbocycles. The van der Waals surface area contributed by atoms with Gasteiger partial charge in [-0.1, -0.05) is 18.2 Å². The number of aromatic nitrogens is 1. The van der Waals surface area contributed by atoms with E-state index in [-0.39, 0.29) is 17.7 Å². The van der Waals surface area contributed by atoms with Gasteiger partial charge in [0.1, 0.15) is 5.82 Å². The second-order valence-corrected chi connectivity index (χ2v) is 7.95. The molecule has 3 aromatic carbocycles. The zero-order valence-electron chi connectivity index (χ0n) is 20.3. The van der Waals surface area contributed by atoms with E-state index in [9.17, 15) is 9.18 Å². The van der Waals surface area contributed by atoms with Crippen LogP contribution in [-0.2, 0) is 6.42 Å². The zero-order valence-corrected chi connectivity index (χ0v) is 20.3. The van der Waals surface area contributed by atoms with Crippen molar-refractivity contribution in [2.24, 2.45) is 4.99 Å². The van der Waals surface area contributed by atoms with Gasteiger partial charge in [-0.15, -0.1) is 0 Å². The van der Waals surface area contributed by atoms with E-state index in [1.165, 1.54) is 12.1 Å². The van der Waals surface area contributed by atoms with Gasteiger partial charge in [-0.2, -0.15) is 0 Å². The number of aromatic amines is 1. The third-order valence-electron chi connectivity index (χ3n) is 5.47. The van der Waals surface area contributed by atoms with Crippen LogP contribution in [-0.4, -0.2) is 36.6 Å². The second kappa shape index (κ2) is 11.9. The number of hydrogen-bond donors (Lipinski definition) is 3. The van der Waals surface area contributed by atoms with Crippen LogP contribution in [0.2, 0.25) is 0 Å². The molecule has 8 heteroatoms. The van der Waals surface area contributed by atoms with Crippen molar-refractivity contribution in [2.75, 3.05) is 25.1 Å². The van der Waals surface area contributed by atoms with Crippen molar-refractivity contribution in [3.8, 4) is 11.5 Å². The predicted octanol–water partition coefficient (Wildman–Crippen LogP) is 5.55. The van der Waals surface area contributed by atoms with Crippen molar-refractivity contribution in [1.82, 2.24) is 10.3 Å². The highest BCUT2D eigenvalue weighted by atomic mass is 19.1. The Hall–Kier alpha value is -4.33. The van der Waals surface area contributed by atoms with Crippen molar-refractivity contribution in [3.63, 3.8) is 0 Å². The Balaban J connectivity index is 1.53. The van der Waals surface area contributed by atoms with Crippen LogP contribution in [0.15, 0.2) is 77.9 Å². The first kappa shape index (κ1) is 24.8. The van der Waals surface area contributed by atoms with Crippen LogP contribution in [0.3, 0.4) is 0 Å². The summed E-state index contributed by atoms with van der Waals surface area (Å²) in [6.07, 6.45) is 2.65. The number of nitrogens with one attached hydrogen (secondary N) is 3. The van der Waals surface area contributed by atoms with E-state index in [2.05, 4.69) is 26.7 Å². The molecule has 4 aromatic rings. The summed E-state index contributed by atoms with van der Waals surface area (Å²) in [6.45, 7) is 5.11. The zero-order chi connectivity index (χ0) is 25.3. The van der Waals surface area contributed by atoms with Crippen molar-refractivity contribution < 1.29 is 18.7 Å². The highest BCUT2D eigenvalue weighted by Gasteiger charge is 2.14. The summed E-state index contributed by atoms with van der Waals surface area (Å²) in [5.74, 6) is 0.627. The number of hydrogen-bond acceptors (Lipinski definition) is 4. The number of fused-ring (bicyclic) bond motifs is 1. The smallest absolute Gasteiger partial charge is 0.258 e. The van der Waals surface area contributed by atoms with Gasteiger partial charge in [0.2, 0.25) is 5.96 Å². The van der Waals surface area contributed by atoms with Gasteiger partial charge in [0.05, 0.1) is 13.2 Å². The molecule has 0 fully saturated rings. The molecule has 0 bridgehead atoms. The Kier molecular flexibility index (Phi) is 8.18. The predicted molar refractivity (Wildman–Crippen MR) is 141 cm³/mol. The molecule has 7 nitrogen and oxygen atoms in total. The molecule has 0 aliphatic heterocycles. The van der Waals surface area contributed by atoms with E-state index in [0.29, 0.717) is 48.9 Å². The van der Waals surface area contributed by atoms with Gasteiger partial charge in [-0.3, -0.25) is 15.1 Å². The minimum atomic E-state index is -0.362. The number of benzene rings is 3. The SMILES string of the molecule is CCOc1ccc(C(=O)NC(=NCCc2c[nH]c3ccccc23)Nc2ccc(F)cc2)cc1OCC. The van der Waals surface area contributed by atoms with Crippen LogP contribution >= 0.6 is 0 Å². The Morgan fingerprint density at radius 2 is 1.72 bits per heavy atom. The number of para-hydroxylation sites is 1. The largest absolute Gasteiger partial charge is 0.490 e. The summed E-state index contributed by atoms with van der Waals surface area (Å²) in [5.41, 5.74) is 3.20. The molecule has 0 unspecified atom stereocenters. The highest BCUT2D eigenvalue weighted by molar-refractivity contribution is 6.10. The molecule has 0 spiro atoms. The summed E-state index contributed by atoms with van der Waals surface area (Å²) >= 11 is 0. The van der Waals surface area contributed by atoms with Crippen molar-refractivity contribution >= 4 is 28.5 Å². The number of carbonyl (C=O) groups is 1. The highest BCUT2D eigenvalue weighted by Crippen LogP contribution is 2.28. The van der Waals surface area contributed by atoms with Crippen molar-refractivity contribution in [2.45, 2.75) is 20.3 Å². The molecular formula is C28H29FN4O3. The fraction of sp³-hybridized carbons (Fsp3) is 0.214. The van der Waals surface area contributed by atoms with Crippen LogP contribution in [0.5, 0.6) is 11.5 Å². The molecule has 186 valence electrons. The maximum atomic E-state index is 13.4. The summed E-state index contributed by atoms with van der Waals surface area (Å²) in [6, 6.07) is 18.9. The Morgan fingerprint density at radius 1 is 0.972 bits per heavy atom. The Labute approximate surface area is 209 Å². The van der Waals surface area contributed by atoms with Crippen LogP contribution in [0.25, 0.3) is 10.9 Å². The van der Waals surface area contributed by atoms with Gasteiger partial charge < -0.3 is 19.8 Å². The van der Waals surface area contributed by atoms with E-state index in [1.807, 2.05) is 38.2 Å². The first-order valence-electron chi connectivity index (χ1n) is 11.9.